The molecule has 0 amide bonds. The zero-order valence-corrected chi connectivity index (χ0v) is 14.4. The third-order valence-electron chi connectivity index (χ3n) is 4.01. The average molecular weight is 361 g/mol. The van der Waals surface area contributed by atoms with Crippen LogP contribution < -0.4 is 4.74 Å². The zero-order valence-electron chi connectivity index (χ0n) is 14.4. The van der Waals surface area contributed by atoms with E-state index in [4.69, 9.17) is 9.26 Å². The number of hydrogen-bond acceptors (Lipinski definition) is 5. The van der Waals surface area contributed by atoms with E-state index in [-0.39, 0.29) is 0 Å². The summed E-state index contributed by atoms with van der Waals surface area (Å²) in [7, 11) is 0. The molecular formula is C21H16FN3O2. The van der Waals surface area contributed by atoms with E-state index >= 15 is 0 Å². The Bertz CT molecular complexity index is 1000. The molecule has 0 bridgehead atoms. The van der Waals surface area contributed by atoms with Gasteiger partial charge in [-0.15, -0.1) is 0 Å². The molecule has 4 rings (SSSR count). The molecule has 0 spiro atoms. The summed E-state index contributed by atoms with van der Waals surface area (Å²) < 4.78 is 23.9. The quantitative estimate of drug-likeness (QED) is 0.475. The molecule has 0 N–H and O–H groups in total. The first-order valence-electron chi connectivity index (χ1n) is 8.44. The summed E-state index contributed by atoms with van der Waals surface area (Å²) in [5.74, 6) is 0.938. The maximum Gasteiger partial charge on any atom is 0.212 e. The van der Waals surface area contributed by atoms with Crippen LogP contribution in [0, 0.1) is 5.95 Å². The lowest BCUT2D eigenvalue weighted by atomic mass is 10.1. The summed E-state index contributed by atoms with van der Waals surface area (Å²) in [6, 6.07) is 16.4. The molecule has 4 aromatic rings. The van der Waals surface area contributed by atoms with E-state index in [1.165, 1.54) is 12.3 Å². The summed E-state index contributed by atoms with van der Waals surface area (Å²) in [5, 5.41) is 4.12. The standard InChI is InChI=1S/C21H16FN3O2/c22-21-8-5-16(12-24-21)14-26-19-6-3-15(4-7-19)10-18-11-20(27-25-18)17-2-1-9-23-13-17/h1-9,11-13H,10,14H2. The van der Waals surface area contributed by atoms with Crippen molar-refractivity contribution >= 4 is 0 Å². The van der Waals surface area contributed by atoms with Gasteiger partial charge in [-0.3, -0.25) is 4.98 Å². The van der Waals surface area contributed by atoms with Crippen LogP contribution in [0.3, 0.4) is 0 Å². The van der Waals surface area contributed by atoms with Crippen molar-refractivity contribution in [3.63, 3.8) is 0 Å². The van der Waals surface area contributed by atoms with E-state index < -0.39 is 5.95 Å². The number of halogens is 1. The Morgan fingerprint density at radius 3 is 2.56 bits per heavy atom. The second kappa shape index (κ2) is 7.78. The van der Waals surface area contributed by atoms with E-state index in [0.29, 0.717) is 18.8 Å². The van der Waals surface area contributed by atoms with Gasteiger partial charge >= 0.3 is 0 Å². The van der Waals surface area contributed by atoms with Crippen molar-refractivity contribution in [1.82, 2.24) is 15.1 Å². The fraction of sp³-hybridized carbons (Fsp3) is 0.0952. The van der Waals surface area contributed by atoms with Crippen LogP contribution in [-0.2, 0) is 13.0 Å². The molecular weight excluding hydrogens is 345 g/mol. The van der Waals surface area contributed by atoms with E-state index in [0.717, 1.165) is 28.1 Å². The molecule has 3 aromatic heterocycles. The monoisotopic (exact) mass is 361 g/mol. The summed E-state index contributed by atoms with van der Waals surface area (Å²) in [6.07, 6.45) is 5.59. The zero-order chi connectivity index (χ0) is 18.5. The van der Waals surface area contributed by atoms with Crippen molar-refractivity contribution in [2.24, 2.45) is 0 Å². The van der Waals surface area contributed by atoms with Crippen molar-refractivity contribution in [2.75, 3.05) is 0 Å². The maximum absolute atomic E-state index is 12.8. The number of ether oxygens (including phenoxy) is 1. The molecule has 0 aliphatic heterocycles. The summed E-state index contributed by atoms with van der Waals surface area (Å²) in [6.45, 7) is 0.338. The van der Waals surface area contributed by atoms with Crippen molar-refractivity contribution in [3.8, 4) is 17.1 Å². The SMILES string of the molecule is Fc1ccc(COc2ccc(Cc3cc(-c4cccnc4)on3)cc2)cn1. The smallest absolute Gasteiger partial charge is 0.212 e. The minimum absolute atomic E-state index is 0.338. The predicted octanol–water partition coefficient (Wildman–Crippen LogP) is 4.44. The minimum atomic E-state index is -0.498. The first-order chi connectivity index (χ1) is 13.3. The number of nitrogens with zero attached hydrogens (tertiary/aromatic N) is 3. The van der Waals surface area contributed by atoms with Crippen molar-refractivity contribution in [2.45, 2.75) is 13.0 Å². The minimum Gasteiger partial charge on any atom is -0.489 e. The Kier molecular flexibility index (Phi) is 4.87. The van der Waals surface area contributed by atoms with Gasteiger partial charge in [-0.2, -0.15) is 4.39 Å². The highest BCUT2D eigenvalue weighted by Crippen LogP contribution is 2.21. The number of benzene rings is 1. The van der Waals surface area contributed by atoms with Gasteiger partial charge in [0.2, 0.25) is 5.95 Å². The topological polar surface area (TPSA) is 61.0 Å². The van der Waals surface area contributed by atoms with E-state index in [9.17, 15) is 4.39 Å². The number of aromatic nitrogens is 3. The third kappa shape index (κ3) is 4.36. The molecule has 1 aromatic carbocycles. The number of rotatable bonds is 6. The molecule has 0 saturated carbocycles. The van der Waals surface area contributed by atoms with Crippen LogP contribution >= 0.6 is 0 Å². The fourth-order valence-corrected chi connectivity index (χ4v) is 2.61. The van der Waals surface area contributed by atoms with Gasteiger partial charge in [-0.1, -0.05) is 17.3 Å². The normalized spacial score (nSPS) is 10.7. The molecule has 0 radical (unpaired) electrons. The molecule has 0 saturated heterocycles. The van der Waals surface area contributed by atoms with Crippen LogP contribution in [0.1, 0.15) is 16.8 Å². The van der Waals surface area contributed by atoms with Gasteiger partial charge in [0.05, 0.1) is 5.69 Å². The Morgan fingerprint density at radius 2 is 1.81 bits per heavy atom. The van der Waals surface area contributed by atoms with Crippen LogP contribution in [0.15, 0.2) is 77.7 Å². The van der Waals surface area contributed by atoms with Crippen LogP contribution in [0.5, 0.6) is 5.75 Å². The molecule has 0 aliphatic carbocycles. The van der Waals surface area contributed by atoms with Crippen LogP contribution in [-0.4, -0.2) is 15.1 Å². The first-order valence-corrected chi connectivity index (χ1v) is 8.44. The van der Waals surface area contributed by atoms with Gasteiger partial charge < -0.3 is 9.26 Å². The predicted molar refractivity (Wildman–Crippen MR) is 97.5 cm³/mol. The molecule has 0 aliphatic rings. The van der Waals surface area contributed by atoms with Gasteiger partial charge in [-0.25, -0.2) is 4.98 Å². The van der Waals surface area contributed by atoms with Gasteiger partial charge in [0.25, 0.3) is 0 Å². The molecule has 0 fully saturated rings. The first kappa shape index (κ1) is 16.9. The van der Waals surface area contributed by atoms with Crippen LogP contribution in [0.2, 0.25) is 0 Å². The van der Waals surface area contributed by atoms with Crippen molar-refractivity contribution in [1.29, 1.82) is 0 Å². The lowest BCUT2D eigenvalue weighted by Gasteiger charge is -2.06. The lowest BCUT2D eigenvalue weighted by molar-refractivity contribution is 0.305. The molecule has 6 heteroatoms. The highest BCUT2D eigenvalue weighted by Gasteiger charge is 2.08. The molecule has 3 heterocycles. The maximum atomic E-state index is 12.8. The summed E-state index contributed by atoms with van der Waals surface area (Å²) >= 11 is 0. The van der Waals surface area contributed by atoms with Crippen LogP contribution in [0.4, 0.5) is 4.39 Å². The highest BCUT2D eigenvalue weighted by molar-refractivity contribution is 5.55. The highest BCUT2D eigenvalue weighted by atomic mass is 19.1. The average Bonchev–Trinajstić information content (AvgIpc) is 3.18. The Labute approximate surface area is 155 Å². The second-order valence-corrected chi connectivity index (χ2v) is 6.02. The van der Waals surface area contributed by atoms with E-state index in [2.05, 4.69) is 15.1 Å². The Hall–Kier alpha value is -3.54. The number of pyridine rings is 2. The second-order valence-electron chi connectivity index (χ2n) is 6.02. The lowest BCUT2D eigenvalue weighted by Crippen LogP contribution is -1.97. The molecule has 134 valence electrons. The van der Waals surface area contributed by atoms with E-state index in [1.807, 2.05) is 42.5 Å². The number of hydrogen-bond donors (Lipinski definition) is 0. The molecule has 0 atom stereocenters. The molecule has 27 heavy (non-hydrogen) atoms. The largest absolute Gasteiger partial charge is 0.489 e. The molecule has 5 nitrogen and oxygen atoms in total. The molecule has 0 unspecified atom stereocenters. The van der Waals surface area contributed by atoms with Crippen molar-refractivity contribution < 1.29 is 13.7 Å². The Morgan fingerprint density at radius 1 is 0.963 bits per heavy atom. The fourth-order valence-electron chi connectivity index (χ4n) is 2.61. The van der Waals surface area contributed by atoms with Gasteiger partial charge in [0.15, 0.2) is 5.76 Å². The Balaban J connectivity index is 1.36. The van der Waals surface area contributed by atoms with E-state index in [1.54, 1.807) is 18.5 Å². The summed E-state index contributed by atoms with van der Waals surface area (Å²) in [4.78, 5) is 7.69. The van der Waals surface area contributed by atoms with Crippen molar-refractivity contribution in [3.05, 3.63) is 96.0 Å². The van der Waals surface area contributed by atoms with Gasteiger partial charge in [0.1, 0.15) is 12.4 Å². The third-order valence-corrected chi connectivity index (χ3v) is 4.01. The van der Waals surface area contributed by atoms with Gasteiger partial charge in [0, 0.05) is 42.2 Å². The summed E-state index contributed by atoms with van der Waals surface area (Å²) in [5.41, 5.74) is 3.65. The van der Waals surface area contributed by atoms with Crippen LogP contribution in [0.25, 0.3) is 11.3 Å². The van der Waals surface area contributed by atoms with Gasteiger partial charge in [-0.05, 0) is 42.0 Å².